The first-order valence-corrected chi connectivity index (χ1v) is 12.8. The number of fused-ring (bicyclic) bond motifs is 1. The Morgan fingerprint density at radius 1 is 1.06 bits per heavy atom. The van der Waals surface area contributed by atoms with Gasteiger partial charge in [0, 0.05) is 24.3 Å². The summed E-state index contributed by atoms with van der Waals surface area (Å²) in [5, 5.41) is 0.534. The fourth-order valence-electron chi connectivity index (χ4n) is 6.73. The van der Waals surface area contributed by atoms with Crippen molar-refractivity contribution in [3.63, 3.8) is 0 Å². The van der Waals surface area contributed by atoms with Gasteiger partial charge in [0.25, 0.3) is 0 Å². The van der Waals surface area contributed by atoms with Crippen LogP contribution in [0.4, 0.5) is 5.69 Å². The van der Waals surface area contributed by atoms with Crippen molar-refractivity contribution in [2.45, 2.75) is 61.9 Å². The molecule has 0 radical (unpaired) electrons. The third-order valence-electron chi connectivity index (χ3n) is 7.85. The highest BCUT2D eigenvalue weighted by Gasteiger charge is 2.70. The minimum atomic E-state index is -3.72. The molecular formula is C25H29ClN2O2S. The first-order valence-electron chi connectivity index (χ1n) is 11.0. The van der Waals surface area contributed by atoms with Gasteiger partial charge in [0.15, 0.2) is 0 Å². The molecule has 1 aliphatic carbocycles. The van der Waals surface area contributed by atoms with Crippen molar-refractivity contribution in [2.24, 2.45) is 0 Å². The van der Waals surface area contributed by atoms with E-state index in [0.29, 0.717) is 16.5 Å². The number of likely N-dealkylation sites (N-methyl/N-ethyl adjacent to an activating group) is 1. The molecule has 164 valence electrons. The Bertz CT molecular complexity index is 1190. The van der Waals surface area contributed by atoms with E-state index in [2.05, 4.69) is 44.5 Å². The van der Waals surface area contributed by atoms with E-state index in [1.807, 2.05) is 0 Å². The number of halogens is 1. The molecule has 3 aliphatic rings. The highest BCUT2D eigenvalue weighted by atomic mass is 35.5. The van der Waals surface area contributed by atoms with Gasteiger partial charge in [-0.1, -0.05) is 29.8 Å². The smallest absolute Gasteiger partial charge is 0.245 e. The van der Waals surface area contributed by atoms with Crippen LogP contribution >= 0.6 is 11.6 Å². The maximum absolute atomic E-state index is 14.0. The number of benzene rings is 2. The summed E-state index contributed by atoms with van der Waals surface area (Å²) in [7, 11) is -1.64. The van der Waals surface area contributed by atoms with Crippen molar-refractivity contribution < 1.29 is 8.42 Å². The first kappa shape index (κ1) is 21.0. The Balaban J connectivity index is 1.79. The molecule has 0 spiro atoms. The second-order valence-electron chi connectivity index (χ2n) is 9.35. The van der Waals surface area contributed by atoms with Gasteiger partial charge in [-0.15, -0.1) is 0 Å². The standard InChI is InChI=1S/C25H29ClN2O2S/c1-17-15-18(2)23-22(16-17)27(4)25-12-6-5-7-19(3)24(23,25)13-14-28(25)31(29,30)21-10-8-20(26)9-11-21/h8-11,15-16H,3,5-7,12-14H2,1-2,4H3/t24-,25+/m0/s1. The minimum absolute atomic E-state index is 0.300. The summed E-state index contributed by atoms with van der Waals surface area (Å²) in [4.78, 5) is 2.56. The van der Waals surface area contributed by atoms with Crippen molar-refractivity contribution in [1.82, 2.24) is 4.31 Å². The zero-order chi connectivity index (χ0) is 22.2. The monoisotopic (exact) mass is 456 g/mol. The lowest BCUT2D eigenvalue weighted by atomic mass is 9.66. The number of hydrogen-bond acceptors (Lipinski definition) is 3. The predicted molar refractivity (Wildman–Crippen MR) is 126 cm³/mol. The number of hydrogen-bond donors (Lipinski definition) is 0. The van der Waals surface area contributed by atoms with Crippen LogP contribution in [0.25, 0.3) is 0 Å². The summed E-state index contributed by atoms with van der Waals surface area (Å²) < 4.78 is 29.8. The van der Waals surface area contributed by atoms with Crippen LogP contribution in [0.3, 0.4) is 0 Å². The topological polar surface area (TPSA) is 40.6 Å². The molecule has 1 saturated carbocycles. The molecule has 0 unspecified atom stereocenters. The van der Waals surface area contributed by atoms with Crippen molar-refractivity contribution in [3.8, 4) is 0 Å². The lowest BCUT2D eigenvalue weighted by molar-refractivity contribution is 0.176. The summed E-state index contributed by atoms with van der Waals surface area (Å²) in [6.07, 6.45) is 4.52. The molecule has 0 N–H and O–H groups in total. The Morgan fingerprint density at radius 2 is 1.77 bits per heavy atom. The van der Waals surface area contributed by atoms with E-state index in [1.165, 1.54) is 22.3 Å². The average Bonchev–Trinajstić information content (AvgIpc) is 3.10. The van der Waals surface area contributed by atoms with Crippen molar-refractivity contribution in [3.05, 3.63) is 70.3 Å². The number of rotatable bonds is 2. The van der Waals surface area contributed by atoms with Crippen LogP contribution < -0.4 is 4.90 Å². The zero-order valence-corrected chi connectivity index (χ0v) is 20.0. The third kappa shape index (κ3) is 2.54. The molecule has 5 rings (SSSR count). The molecule has 2 fully saturated rings. The highest BCUT2D eigenvalue weighted by molar-refractivity contribution is 7.89. The van der Waals surface area contributed by atoms with Gasteiger partial charge in [-0.05, 0) is 93.0 Å². The van der Waals surface area contributed by atoms with E-state index in [0.717, 1.165) is 37.8 Å². The Morgan fingerprint density at radius 3 is 2.48 bits per heavy atom. The summed E-state index contributed by atoms with van der Waals surface area (Å²) in [5.41, 5.74) is 4.99. The Labute approximate surface area is 190 Å². The Hall–Kier alpha value is -1.82. The number of nitrogens with zero attached hydrogens (tertiary/aromatic N) is 2. The molecule has 0 amide bonds. The maximum atomic E-state index is 14.0. The fourth-order valence-corrected chi connectivity index (χ4v) is 8.69. The van der Waals surface area contributed by atoms with Crippen LogP contribution in [-0.4, -0.2) is 32.0 Å². The van der Waals surface area contributed by atoms with Crippen LogP contribution in [0.15, 0.2) is 53.4 Å². The molecule has 0 aromatic heterocycles. The molecule has 2 heterocycles. The van der Waals surface area contributed by atoms with E-state index in [1.54, 1.807) is 28.6 Å². The lowest BCUT2D eigenvalue weighted by Crippen LogP contribution is -2.63. The van der Waals surface area contributed by atoms with E-state index in [-0.39, 0.29) is 5.41 Å². The van der Waals surface area contributed by atoms with E-state index in [9.17, 15) is 8.42 Å². The molecule has 2 aromatic carbocycles. The fraction of sp³-hybridized carbons (Fsp3) is 0.440. The van der Waals surface area contributed by atoms with Crippen LogP contribution in [0.5, 0.6) is 0 Å². The second-order valence-corrected chi connectivity index (χ2v) is 11.6. The highest BCUT2D eigenvalue weighted by Crippen LogP contribution is 2.66. The van der Waals surface area contributed by atoms with Gasteiger partial charge in [-0.3, -0.25) is 0 Å². The molecule has 31 heavy (non-hydrogen) atoms. The van der Waals surface area contributed by atoms with Crippen LogP contribution in [0, 0.1) is 13.8 Å². The average molecular weight is 457 g/mol. The lowest BCUT2D eigenvalue weighted by Gasteiger charge is -2.49. The summed E-state index contributed by atoms with van der Waals surface area (Å²) in [6, 6.07) is 11.0. The summed E-state index contributed by atoms with van der Waals surface area (Å²) in [5.74, 6) is 0. The predicted octanol–water partition coefficient (Wildman–Crippen LogP) is 5.57. The normalized spacial score (nSPS) is 28.3. The van der Waals surface area contributed by atoms with Gasteiger partial charge >= 0.3 is 0 Å². The number of anilines is 1. The van der Waals surface area contributed by atoms with E-state index >= 15 is 0 Å². The molecule has 2 aromatic rings. The summed E-state index contributed by atoms with van der Waals surface area (Å²) in [6.45, 7) is 9.34. The van der Waals surface area contributed by atoms with Crippen LogP contribution in [-0.2, 0) is 15.4 Å². The van der Waals surface area contributed by atoms with Crippen LogP contribution in [0.1, 0.15) is 48.8 Å². The number of sulfonamides is 1. The van der Waals surface area contributed by atoms with E-state index < -0.39 is 15.7 Å². The maximum Gasteiger partial charge on any atom is 0.245 e. The van der Waals surface area contributed by atoms with Crippen molar-refractivity contribution >= 4 is 27.3 Å². The molecule has 2 atom stereocenters. The summed E-state index contributed by atoms with van der Waals surface area (Å²) >= 11 is 6.05. The SMILES string of the molecule is C=C1CCCC[C@]23N(C)c4cc(C)cc(C)c4[C@]12CCN3S(=O)(=O)c1ccc(Cl)cc1. The van der Waals surface area contributed by atoms with Gasteiger partial charge in [0.2, 0.25) is 10.0 Å². The van der Waals surface area contributed by atoms with Gasteiger partial charge in [0.1, 0.15) is 5.66 Å². The Kier molecular flexibility index (Phi) is 4.64. The number of aryl methyl sites for hydroxylation is 2. The third-order valence-corrected chi connectivity index (χ3v) is 10.0. The van der Waals surface area contributed by atoms with E-state index in [4.69, 9.17) is 11.6 Å². The first-order chi connectivity index (χ1) is 14.7. The quantitative estimate of drug-likeness (QED) is 0.555. The van der Waals surface area contributed by atoms with Crippen LogP contribution in [0.2, 0.25) is 5.02 Å². The molecule has 2 aliphatic heterocycles. The van der Waals surface area contributed by atoms with Gasteiger partial charge in [0.05, 0.1) is 10.3 Å². The van der Waals surface area contributed by atoms with Gasteiger partial charge in [-0.25, -0.2) is 8.42 Å². The van der Waals surface area contributed by atoms with Gasteiger partial charge < -0.3 is 4.90 Å². The van der Waals surface area contributed by atoms with Gasteiger partial charge in [-0.2, -0.15) is 4.31 Å². The molecular weight excluding hydrogens is 428 g/mol. The van der Waals surface area contributed by atoms with Crippen molar-refractivity contribution in [2.75, 3.05) is 18.5 Å². The second kappa shape index (κ2) is 6.84. The molecule has 6 heteroatoms. The molecule has 4 nitrogen and oxygen atoms in total. The molecule has 0 bridgehead atoms. The zero-order valence-electron chi connectivity index (χ0n) is 18.4. The largest absolute Gasteiger partial charge is 0.354 e. The van der Waals surface area contributed by atoms with Crippen molar-refractivity contribution in [1.29, 1.82) is 0 Å². The minimum Gasteiger partial charge on any atom is -0.354 e. The molecule has 1 saturated heterocycles.